The monoisotopic (exact) mass is 411 g/mol. The molecule has 2 aromatic carbocycles. The molecule has 0 saturated carbocycles. The van der Waals surface area contributed by atoms with Crippen molar-refractivity contribution in [1.29, 1.82) is 0 Å². The van der Waals surface area contributed by atoms with Crippen LogP contribution in [0.15, 0.2) is 45.6 Å². The van der Waals surface area contributed by atoms with E-state index in [1.807, 2.05) is 32.0 Å². The van der Waals surface area contributed by atoms with Gasteiger partial charge in [-0.05, 0) is 42.5 Å². The lowest BCUT2D eigenvalue weighted by Crippen LogP contribution is -2.25. The third kappa shape index (κ3) is 4.23. The van der Waals surface area contributed by atoms with Gasteiger partial charge in [-0.15, -0.1) is 0 Å². The highest BCUT2D eigenvalue weighted by Crippen LogP contribution is 2.26. The van der Waals surface area contributed by atoms with Crippen molar-refractivity contribution in [3.8, 4) is 0 Å². The molecule has 0 fully saturated rings. The summed E-state index contributed by atoms with van der Waals surface area (Å²) in [5.74, 6) is -0.0292. The van der Waals surface area contributed by atoms with E-state index in [-0.39, 0.29) is 21.4 Å². The van der Waals surface area contributed by atoms with Crippen LogP contribution in [0.25, 0.3) is 11.0 Å². The third-order valence-electron chi connectivity index (χ3n) is 5.16. The lowest BCUT2D eigenvalue weighted by molar-refractivity contribution is 0.102. The number of halogens is 1. The smallest absolute Gasteiger partial charge is 0.263 e. The van der Waals surface area contributed by atoms with Crippen molar-refractivity contribution in [2.45, 2.75) is 52.9 Å². The van der Waals surface area contributed by atoms with Crippen molar-refractivity contribution in [3.05, 3.63) is 74.1 Å². The summed E-state index contributed by atoms with van der Waals surface area (Å²) in [6.45, 7) is 6.14. The SMILES string of the molecule is CCCCc1oc2cccc(Cl)c2c(=O)c1C(=O)Nc1c(CC)cccc1CC. The van der Waals surface area contributed by atoms with Gasteiger partial charge in [0.1, 0.15) is 16.9 Å². The van der Waals surface area contributed by atoms with Crippen molar-refractivity contribution in [2.24, 2.45) is 0 Å². The summed E-state index contributed by atoms with van der Waals surface area (Å²) in [4.78, 5) is 26.6. The van der Waals surface area contributed by atoms with E-state index < -0.39 is 5.91 Å². The fourth-order valence-electron chi connectivity index (χ4n) is 3.57. The summed E-state index contributed by atoms with van der Waals surface area (Å²) in [5.41, 5.74) is 2.93. The number of aryl methyl sites for hydroxylation is 3. The van der Waals surface area contributed by atoms with Crippen LogP contribution in [0.2, 0.25) is 5.02 Å². The fourth-order valence-corrected chi connectivity index (χ4v) is 3.82. The zero-order chi connectivity index (χ0) is 21.0. The van der Waals surface area contributed by atoms with Gasteiger partial charge >= 0.3 is 0 Å². The number of rotatable bonds is 7. The quantitative estimate of drug-likeness (QED) is 0.506. The maximum absolute atomic E-state index is 13.3. The maximum atomic E-state index is 13.3. The number of benzene rings is 2. The van der Waals surface area contributed by atoms with Gasteiger partial charge in [0.05, 0.1) is 10.4 Å². The lowest BCUT2D eigenvalue weighted by Gasteiger charge is -2.16. The van der Waals surface area contributed by atoms with Crippen LogP contribution in [-0.2, 0) is 19.3 Å². The Morgan fingerprint density at radius 3 is 2.31 bits per heavy atom. The number of amides is 1. The highest BCUT2D eigenvalue weighted by molar-refractivity contribution is 6.35. The summed E-state index contributed by atoms with van der Waals surface area (Å²) in [5, 5.41) is 3.53. The first kappa shape index (κ1) is 21.1. The van der Waals surface area contributed by atoms with Crippen molar-refractivity contribution in [2.75, 3.05) is 5.32 Å². The number of nitrogens with one attached hydrogen (secondary N) is 1. The van der Waals surface area contributed by atoms with Crippen LogP contribution in [0.3, 0.4) is 0 Å². The Kier molecular flexibility index (Phi) is 6.75. The molecule has 0 atom stereocenters. The first-order chi connectivity index (χ1) is 14.0. The molecule has 0 radical (unpaired) electrons. The van der Waals surface area contributed by atoms with Gasteiger partial charge < -0.3 is 9.73 Å². The minimum absolute atomic E-state index is 0.0482. The van der Waals surface area contributed by atoms with Crippen LogP contribution in [0.1, 0.15) is 60.9 Å². The van der Waals surface area contributed by atoms with E-state index >= 15 is 0 Å². The van der Waals surface area contributed by atoms with E-state index in [1.54, 1.807) is 18.2 Å². The number of unbranched alkanes of at least 4 members (excludes halogenated alkanes) is 1. The third-order valence-corrected chi connectivity index (χ3v) is 5.48. The van der Waals surface area contributed by atoms with Crippen molar-refractivity contribution < 1.29 is 9.21 Å². The van der Waals surface area contributed by atoms with Gasteiger partial charge in [0.2, 0.25) is 5.43 Å². The summed E-state index contributed by atoms with van der Waals surface area (Å²) >= 11 is 6.26. The molecule has 3 aromatic rings. The molecule has 29 heavy (non-hydrogen) atoms. The van der Waals surface area contributed by atoms with Crippen LogP contribution in [0, 0.1) is 0 Å². The van der Waals surface area contributed by atoms with Gasteiger partial charge in [0, 0.05) is 12.1 Å². The van der Waals surface area contributed by atoms with Gasteiger partial charge in [-0.3, -0.25) is 9.59 Å². The number of carbonyl (C=O) groups is 1. The van der Waals surface area contributed by atoms with Gasteiger partial charge in [0.25, 0.3) is 5.91 Å². The van der Waals surface area contributed by atoms with Crippen LogP contribution in [0.5, 0.6) is 0 Å². The highest BCUT2D eigenvalue weighted by atomic mass is 35.5. The molecular formula is C24H26ClNO3. The van der Waals surface area contributed by atoms with E-state index in [1.165, 1.54) is 0 Å². The second-order valence-corrected chi connectivity index (χ2v) is 7.47. The van der Waals surface area contributed by atoms with Crippen LogP contribution >= 0.6 is 11.6 Å². The first-order valence-corrected chi connectivity index (χ1v) is 10.6. The average molecular weight is 412 g/mol. The Hall–Kier alpha value is -2.59. The predicted molar refractivity (Wildman–Crippen MR) is 119 cm³/mol. The Labute approximate surface area is 175 Å². The first-order valence-electron chi connectivity index (χ1n) is 10.2. The molecule has 0 spiro atoms. The zero-order valence-corrected chi connectivity index (χ0v) is 17.9. The number of hydrogen-bond acceptors (Lipinski definition) is 3. The molecule has 1 aromatic heterocycles. The summed E-state index contributed by atoms with van der Waals surface area (Å²) in [6, 6.07) is 11.1. The van der Waals surface area contributed by atoms with Gasteiger partial charge in [-0.25, -0.2) is 0 Å². The largest absolute Gasteiger partial charge is 0.460 e. The van der Waals surface area contributed by atoms with Crippen LogP contribution in [0.4, 0.5) is 5.69 Å². The second-order valence-electron chi connectivity index (χ2n) is 7.06. The molecule has 152 valence electrons. The Morgan fingerprint density at radius 1 is 1.03 bits per heavy atom. The van der Waals surface area contributed by atoms with E-state index in [0.29, 0.717) is 17.8 Å². The molecule has 0 unspecified atom stereocenters. The topological polar surface area (TPSA) is 59.3 Å². The summed E-state index contributed by atoms with van der Waals surface area (Å²) in [7, 11) is 0. The van der Waals surface area contributed by atoms with Gasteiger partial charge in [-0.2, -0.15) is 0 Å². The Balaban J connectivity index is 2.16. The molecule has 0 bridgehead atoms. The fraction of sp³-hybridized carbons (Fsp3) is 0.333. The lowest BCUT2D eigenvalue weighted by atomic mass is 10.0. The number of para-hydroxylation sites is 1. The number of fused-ring (bicyclic) bond motifs is 1. The van der Waals surface area contributed by atoms with Crippen LogP contribution in [-0.4, -0.2) is 5.91 Å². The van der Waals surface area contributed by atoms with Crippen molar-refractivity contribution in [3.63, 3.8) is 0 Å². The Morgan fingerprint density at radius 2 is 1.69 bits per heavy atom. The molecule has 0 aliphatic rings. The molecule has 3 rings (SSSR count). The van der Waals surface area contributed by atoms with Gasteiger partial charge in [0.15, 0.2) is 0 Å². The molecule has 0 aliphatic carbocycles. The van der Waals surface area contributed by atoms with Gasteiger partial charge in [-0.1, -0.05) is 63.1 Å². The predicted octanol–water partition coefficient (Wildman–Crippen LogP) is 6.17. The molecule has 5 heteroatoms. The number of carbonyl (C=O) groups excluding carboxylic acids is 1. The molecule has 1 heterocycles. The minimum Gasteiger partial charge on any atom is -0.460 e. The maximum Gasteiger partial charge on any atom is 0.263 e. The summed E-state index contributed by atoms with van der Waals surface area (Å²) in [6.07, 6.45) is 3.83. The second kappa shape index (κ2) is 9.27. The van der Waals surface area contributed by atoms with Crippen molar-refractivity contribution >= 4 is 34.2 Å². The molecular weight excluding hydrogens is 386 g/mol. The Bertz CT molecular complexity index is 1080. The normalized spacial score (nSPS) is 11.0. The number of hydrogen-bond donors (Lipinski definition) is 1. The standard InChI is InChI=1S/C24H26ClNO3/c1-4-7-13-19-21(23(27)20-17(25)12-9-14-18(20)29-19)24(28)26-22-15(5-2)10-8-11-16(22)6-3/h8-12,14H,4-7,13H2,1-3H3,(H,26,28). The summed E-state index contributed by atoms with van der Waals surface area (Å²) < 4.78 is 5.98. The van der Waals surface area contributed by atoms with E-state index in [4.69, 9.17) is 16.0 Å². The van der Waals surface area contributed by atoms with E-state index in [0.717, 1.165) is 42.5 Å². The average Bonchev–Trinajstić information content (AvgIpc) is 2.72. The molecule has 0 saturated heterocycles. The molecule has 4 nitrogen and oxygen atoms in total. The molecule has 1 amide bonds. The van der Waals surface area contributed by atoms with Crippen LogP contribution < -0.4 is 10.7 Å². The van der Waals surface area contributed by atoms with Crippen molar-refractivity contribution in [1.82, 2.24) is 0 Å². The minimum atomic E-state index is -0.442. The zero-order valence-electron chi connectivity index (χ0n) is 17.1. The molecule has 0 aliphatic heterocycles. The van der Waals surface area contributed by atoms with E-state index in [9.17, 15) is 9.59 Å². The highest BCUT2D eigenvalue weighted by Gasteiger charge is 2.23. The molecule has 1 N–H and O–H groups in total. The van der Waals surface area contributed by atoms with E-state index in [2.05, 4.69) is 12.2 Å². The number of anilines is 1.